The Morgan fingerprint density at radius 3 is 2.23 bits per heavy atom. The Balaban J connectivity index is 1.25. The molecule has 0 spiro atoms. The Morgan fingerprint density at radius 2 is 1.53 bits per heavy atom. The van der Waals surface area contributed by atoms with Crippen LogP contribution < -0.4 is 9.80 Å². The van der Waals surface area contributed by atoms with Gasteiger partial charge in [0.1, 0.15) is 16.9 Å². The van der Waals surface area contributed by atoms with E-state index in [0.717, 1.165) is 53.7 Å². The molecule has 224 valence electrons. The van der Waals surface area contributed by atoms with Gasteiger partial charge >= 0.3 is 6.09 Å². The molecule has 0 saturated carbocycles. The maximum absolute atomic E-state index is 16.6. The number of carbonyl (C=O) groups is 1. The number of likely N-dealkylation sites (N-methyl/N-ethyl adjacent to an activating group) is 1. The van der Waals surface area contributed by atoms with Crippen LogP contribution in [0.1, 0.15) is 20.8 Å². The van der Waals surface area contributed by atoms with Crippen molar-refractivity contribution >= 4 is 39.5 Å². The van der Waals surface area contributed by atoms with Crippen molar-refractivity contribution in [2.75, 3.05) is 63.2 Å². The Labute approximate surface area is 252 Å². The Morgan fingerprint density at radius 1 is 0.837 bits per heavy atom. The number of aromatic nitrogens is 2. The molecule has 0 radical (unpaired) electrons. The summed E-state index contributed by atoms with van der Waals surface area (Å²) in [6, 6.07) is 18.4. The molecule has 9 heteroatoms. The molecule has 0 bridgehead atoms. The number of hydrogen-bond acceptors (Lipinski definition) is 7. The van der Waals surface area contributed by atoms with E-state index in [1.807, 2.05) is 68.1 Å². The second kappa shape index (κ2) is 10.3. The highest BCUT2D eigenvalue weighted by Gasteiger charge is 2.44. The summed E-state index contributed by atoms with van der Waals surface area (Å²) in [5.74, 6) is 1.64. The number of halogens is 1. The van der Waals surface area contributed by atoms with Gasteiger partial charge in [-0.3, -0.25) is 0 Å². The molecule has 43 heavy (non-hydrogen) atoms. The van der Waals surface area contributed by atoms with E-state index in [4.69, 9.17) is 14.7 Å². The average molecular weight is 583 g/mol. The first-order chi connectivity index (χ1) is 20.6. The van der Waals surface area contributed by atoms with Crippen LogP contribution >= 0.6 is 0 Å². The fraction of sp³-hybridized carbons (Fsp3) is 0.441. The van der Waals surface area contributed by atoms with Crippen molar-refractivity contribution < 1.29 is 13.9 Å². The molecule has 2 atom stereocenters. The summed E-state index contributed by atoms with van der Waals surface area (Å²) in [5, 5.41) is 2.80. The smallest absolute Gasteiger partial charge is 0.410 e. The zero-order valence-corrected chi connectivity index (χ0v) is 25.5. The fourth-order valence-corrected chi connectivity index (χ4v) is 6.77. The van der Waals surface area contributed by atoms with Gasteiger partial charge in [-0.15, -0.1) is 0 Å². The van der Waals surface area contributed by atoms with Gasteiger partial charge in [-0.25, -0.2) is 14.2 Å². The van der Waals surface area contributed by atoms with Crippen molar-refractivity contribution in [3.8, 4) is 11.1 Å². The molecule has 3 aromatic carbocycles. The van der Waals surface area contributed by atoms with Crippen molar-refractivity contribution in [2.45, 2.75) is 32.4 Å². The van der Waals surface area contributed by atoms with Gasteiger partial charge in [-0.05, 0) is 57.3 Å². The average Bonchev–Trinajstić information content (AvgIpc) is 3.51. The molecular weight excluding hydrogens is 543 g/mol. The number of nitrogens with zero attached hydrogens (tertiary/aromatic N) is 6. The monoisotopic (exact) mass is 582 g/mol. The van der Waals surface area contributed by atoms with E-state index in [2.05, 4.69) is 40.9 Å². The second-order valence-corrected chi connectivity index (χ2v) is 13.5. The number of likely N-dealkylation sites (tertiary alicyclic amines) is 1. The first-order valence-electron chi connectivity index (χ1n) is 15.2. The fourth-order valence-electron chi connectivity index (χ4n) is 6.77. The minimum absolute atomic E-state index is 0.250. The molecule has 3 fully saturated rings. The molecule has 1 amide bonds. The lowest BCUT2D eigenvalue weighted by atomic mass is 9.97. The predicted molar refractivity (Wildman–Crippen MR) is 169 cm³/mol. The first-order valence-corrected chi connectivity index (χ1v) is 15.2. The molecule has 4 aromatic rings. The summed E-state index contributed by atoms with van der Waals surface area (Å²) in [6.45, 7) is 10.1. The standard InChI is InChI=1S/C34H39FN6O2/c1-34(2,3)43-33(42)41-17-22-15-39(16-23(22)18-41)31-28-14-13-27(26-12-8-10-21-9-6-7-11-25(21)26)29(35)30(28)36-32(37-31)40-19-24(20-40)38(4)5/h6-14,22-24H,15-20H2,1-5H3. The first kappa shape index (κ1) is 27.8. The third-order valence-corrected chi connectivity index (χ3v) is 9.17. The van der Waals surface area contributed by atoms with Crippen LogP contribution in [0.3, 0.4) is 0 Å². The SMILES string of the molecule is CN(C)C1CN(c2nc(N3CC4CN(C(=O)OC(C)(C)C)CC4C3)c3ccc(-c4cccc5ccccc45)c(F)c3n2)C1. The van der Waals surface area contributed by atoms with Gasteiger partial charge < -0.3 is 24.3 Å². The van der Waals surface area contributed by atoms with Crippen LogP contribution in [0.5, 0.6) is 0 Å². The minimum atomic E-state index is -0.519. The molecular formula is C34H39FN6O2. The quantitative estimate of drug-likeness (QED) is 0.309. The van der Waals surface area contributed by atoms with Gasteiger partial charge in [0.2, 0.25) is 5.95 Å². The Kier molecular flexibility index (Phi) is 6.69. The molecule has 3 aliphatic heterocycles. The van der Waals surface area contributed by atoms with E-state index in [1.54, 1.807) is 0 Å². The second-order valence-electron chi connectivity index (χ2n) is 13.5. The molecule has 7 rings (SSSR count). The van der Waals surface area contributed by atoms with Crippen molar-refractivity contribution in [2.24, 2.45) is 11.8 Å². The van der Waals surface area contributed by atoms with Crippen LogP contribution in [-0.2, 0) is 4.74 Å². The van der Waals surface area contributed by atoms with E-state index >= 15 is 4.39 Å². The van der Waals surface area contributed by atoms with E-state index in [-0.39, 0.29) is 11.9 Å². The molecule has 4 heterocycles. The number of fused-ring (bicyclic) bond motifs is 3. The topological polar surface area (TPSA) is 65.0 Å². The van der Waals surface area contributed by atoms with Gasteiger partial charge in [0, 0.05) is 68.1 Å². The van der Waals surface area contributed by atoms with Crippen LogP contribution in [0, 0.1) is 17.7 Å². The number of hydrogen-bond donors (Lipinski definition) is 0. The lowest BCUT2D eigenvalue weighted by molar-refractivity contribution is 0.0282. The van der Waals surface area contributed by atoms with E-state index < -0.39 is 5.60 Å². The van der Waals surface area contributed by atoms with E-state index in [0.29, 0.717) is 48.0 Å². The lowest BCUT2D eigenvalue weighted by Gasteiger charge is -2.43. The summed E-state index contributed by atoms with van der Waals surface area (Å²) in [5.41, 5.74) is 1.23. The van der Waals surface area contributed by atoms with Crippen LogP contribution in [0.2, 0.25) is 0 Å². The van der Waals surface area contributed by atoms with Gasteiger partial charge in [0.05, 0.1) is 0 Å². The van der Waals surface area contributed by atoms with Crippen molar-refractivity contribution in [3.05, 3.63) is 60.4 Å². The summed E-state index contributed by atoms with van der Waals surface area (Å²) in [7, 11) is 4.16. The predicted octanol–water partition coefficient (Wildman–Crippen LogP) is 5.64. The Hall–Kier alpha value is -3.98. The van der Waals surface area contributed by atoms with E-state index in [1.165, 1.54) is 0 Å². The van der Waals surface area contributed by atoms with Gasteiger partial charge in [0.15, 0.2) is 5.82 Å². The third kappa shape index (κ3) is 5.03. The van der Waals surface area contributed by atoms with Gasteiger partial charge in [-0.1, -0.05) is 48.5 Å². The van der Waals surface area contributed by atoms with Crippen LogP contribution in [-0.4, -0.2) is 90.9 Å². The minimum Gasteiger partial charge on any atom is -0.444 e. The van der Waals surface area contributed by atoms with Crippen LogP contribution in [0.25, 0.3) is 32.8 Å². The molecule has 0 aliphatic carbocycles. The molecule has 8 nitrogen and oxygen atoms in total. The third-order valence-electron chi connectivity index (χ3n) is 9.17. The normalized spacial score (nSPS) is 20.8. The molecule has 3 aliphatic rings. The highest BCUT2D eigenvalue weighted by atomic mass is 19.1. The number of amides is 1. The number of carbonyl (C=O) groups excluding carboxylic acids is 1. The number of rotatable bonds is 4. The molecule has 1 aromatic heterocycles. The highest BCUT2D eigenvalue weighted by molar-refractivity contribution is 6.00. The van der Waals surface area contributed by atoms with Crippen molar-refractivity contribution in [1.82, 2.24) is 19.8 Å². The molecule has 2 unspecified atom stereocenters. The summed E-state index contributed by atoms with van der Waals surface area (Å²) < 4.78 is 22.3. The zero-order valence-electron chi connectivity index (χ0n) is 25.5. The zero-order chi connectivity index (χ0) is 30.0. The summed E-state index contributed by atoms with van der Waals surface area (Å²) >= 11 is 0. The van der Waals surface area contributed by atoms with Crippen LogP contribution in [0.4, 0.5) is 21.0 Å². The van der Waals surface area contributed by atoms with Crippen molar-refractivity contribution in [3.63, 3.8) is 0 Å². The van der Waals surface area contributed by atoms with Crippen molar-refractivity contribution in [1.29, 1.82) is 0 Å². The number of ether oxygens (including phenoxy) is 1. The summed E-state index contributed by atoms with van der Waals surface area (Å²) in [6.07, 6.45) is -0.250. The summed E-state index contributed by atoms with van der Waals surface area (Å²) in [4.78, 5) is 31.1. The van der Waals surface area contributed by atoms with Crippen LogP contribution in [0.15, 0.2) is 54.6 Å². The maximum atomic E-state index is 16.6. The largest absolute Gasteiger partial charge is 0.444 e. The molecule has 3 saturated heterocycles. The van der Waals surface area contributed by atoms with Gasteiger partial charge in [-0.2, -0.15) is 4.98 Å². The molecule has 0 N–H and O–H groups in total. The lowest BCUT2D eigenvalue weighted by Crippen LogP contribution is -2.58. The van der Waals surface area contributed by atoms with Gasteiger partial charge in [0.25, 0.3) is 0 Å². The van der Waals surface area contributed by atoms with E-state index in [9.17, 15) is 4.79 Å². The highest BCUT2D eigenvalue weighted by Crippen LogP contribution is 2.40. The maximum Gasteiger partial charge on any atom is 0.410 e. The Bertz CT molecular complexity index is 1690. The number of benzene rings is 3. The number of anilines is 2.